The van der Waals surface area contributed by atoms with E-state index >= 15 is 0 Å². The van der Waals surface area contributed by atoms with Crippen molar-refractivity contribution in [3.8, 4) is 0 Å². The van der Waals surface area contributed by atoms with Gasteiger partial charge in [0, 0.05) is 12.1 Å². The summed E-state index contributed by atoms with van der Waals surface area (Å²) in [6, 6.07) is 1.20. The van der Waals surface area contributed by atoms with Gasteiger partial charge in [-0.15, -0.1) is 6.58 Å². The van der Waals surface area contributed by atoms with E-state index in [4.69, 9.17) is 0 Å². The van der Waals surface area contributed by atoms with Gasteiger partial charge in [0.05, 0.1) is 0 Å². The van der Waals surface area contributed by atoms with Gasteiger partial charge in [0.2, 0.25) is 0 Å². The molecule has 13 heavy (non-hydrogen) atoms. The molecule has 1 nitrogen and oxygen atoms in total. The van der Waals surface area contributed by atoms with Gasteiger partial charge >= 0.3 is 0 Å². The zero-order valence-electron chi connectivity index (χ0n) is 9.85. The second-order valence-corrected chi connectivity index (χ2v) is 4.58. The Bertz CT molecular complexity index is 149. The fourth-order valence-corrected chi connectivity index (χ4v) is 1.41. The van der Waals surface area contributed by atoms with Crippen molar-refractivity contribution in [3.63, 3.8) is 0 Å². The molecule has 2 unspecified atom stereocenters. The third-order valence-electron chi connectivity index (χ3n) is 2.48. The summed E-state index contributed by atoms with van der Waals surface area (Å²) in [4.78, 5) is 0. The third kappa shape index (κ3) is 6.83. The highest BCUT2D eigenvalue weighted by molar-refractivity contribution is 4.88. The van der Waals surface area contributed by atoms with E-state index in [0.717, 1.165) is 12.3 Å². The molecule has 2 atom stereocenters. The van der Waals surface area contributed by atoms with E-state index in [9.17, 15) is 0 Å². The van der Waals surface area contributed by atoms with Gasteiger partial charge in [-0.25, -0.2) is 0 Å². The van der Waals surface area contributed by atoms with Gasteiger partial charge in [-0.05, 0) is 32.6 Å². The standard InChI is InChI=1S/C12H25N/c1-9(2)7-8-11(5)12(6)13-10(3)4/h10-13H,1,7-8H2,2-6H3. The fraction of sp³-hybridized carbons (Fsp3) is 0.833. The molecule has 0 rings (SSSR count). The van der Waals surface area contributed by atoms with Gasteiger partial charge in [0.1, 0.15) is 0 Å². The molecule has 0 spiro atoms. The monoisotopic (exact) mass is 183 g/mol. The average molecular weight is 183 g/mol. The van der Waals surface area contributed by atoms with Crippen LogP contribution in [0.25, 0.3) is 0 Å². The van der Waals surface area contributed by atoms with Gasteiger partial charge < -0.3 is 5.32 Å². The van der Waals surface area contributed by atoms with Crippen LogP contribution in [0.2, 0.25) is 0 Å². The van der Waals surface area contributed by atoms with Crippen LogP contribution >= 0.6 is 0 Å². The molecule has 0 aliphatic carbocycles. The first-order valence-electron chi connectivity index (χ1n) is 5.34. The molecule has 0 heterocycles. The van der Waals surface area contributed by atoms with Crippen LogP contribution in [0.1, 0.15) is 47.5 Å². The minimum Gasteiger partial charge on any atom is -0.312 e. The summed E-state index contributed by atoms with van der Waals surface area (Å²) < 4.78 is 0. The topological polar surface area (TPSA) is 12.0 Å². The quantitative estimate of drug-likeness (QED) is 0.623. The molecule has 0 bridgehead atoms. The maximum atomic E-state index is 3.93. The molecule has 0 saturated carbocycles. The predicted octanol–water partition coefficient (Wildman–Crippen LogP) is 3.37. The Hall–Kier alpha value is -0.300. The number of nitrogens with one attached hydrogen (secondary N) is 1. The van der Waals surface area contributed by atoms with E-state index in [0.29, 0.717) is 12.1 Å². The lowest BCUT2D eigenvalue weighted by atomic mass is 9.95. The molecule has 78 valence electrons. The number of rotatable bonds is 6. The Kier molecular flexibility index (Phi) is 6.06. The van der Waals surface area contributed by atoms with Crippen LogP contribution in [0.5, 0.6) is 0 Å². The average Bonchev–Trinajstić information content (AvgIpc) is 1.98. The molecule has 1 heteroatoms. The molecular weight excluding hydrogens is 158 g/mol. The van der Waals surface area contributed by atoms with Crippen LogP contribution in [0.4, 0.5) is 0 Å². The van der Waals surface area contributed by atoms with Crippen molar-refractivity contribution in [2.45, 2.75) is 59.5 Å². The highest BCUT2D eigenvalue weighted by Gasteiger charge is 2.11. The van der Waals surface area contributed by atoms with Crippen molar-refractivity contribution in [3.05, 3.63) is 12.2 Å². The van der Waals surface area contributed by atoms with E-state index in [2.05, 4.69) is 46.5 Å². The zero-order valence-corrected chi connectivity index (χ0v) is 9.85. The van der Waals surface area contributed by atoms with Crippen LogP contribution in [-0.2, 0) is 0 Å². The van der Waals surface area contributed by atoms with Crippen LogP contribution in [0.15, 0.2) is 12.2 Å². The molecule has 0 aromatic rings. The lowest BCUT2D eigenvalue weighted by Gasteiger charge is -2.23. The fourth-order valence-electron chi connectivity index (χ4n) is 1.41. The van der Waals surface area contributed by atoms with Crippen LogP contribution in [-0.4, -0.2) is 12.1 Å². The van der Waals surface area contributed by atoms with Crippen LogP contribution in [0, 0.1) is 5.92 Å². The summed E-state index contributed by atoms with van der Waals surface area (Å²) >= 11 is 0. The van der Waals surface area contributed by atoms with Gasteiger partial charge in [0.15, 0.2) is 0 Å². The summed E-state index contributed by atoms with van der Waals surface area (Å²) in [5, 5.41) is 3.54. The summed E-state index contributed by atoms with van der Waals surface area (Å²) in [5.41, 5.74) is 1.29. The second-order valence-electron chi connectivity index (χ2n) is 4.58. The molecule has 0 fully saturated rings. The minimum absolute atomic E-state index is 0.585. The van der Waals surface area contributed by atoms with Gasteiger partial charge in [0.25, 0.3) is 0 Å². The lowest BCUT2D eigenvalue weighted by molar-refractivity contribution is 0.356. The molecular formula is C12H25N. The molecule has 0 aliphatic heterocycles. The number of hydrogen-bond donors (Lipinski definition) is 1. The largest absolute Gasteiger partial charge is 0.312 e. The molecule has 0 aromatic heterocycles. The van der Waals surface area contributed by atoms with Crippen LogP contribution < -0.4 is 5.32 Å². The van der Waals surface area contributed by atoms with Crippen molar-refractivity contribution in [2.24, 2.45) is 5.92 Å². The molecule has 1 N–H and O–H groups in total. The predicted molar refractivity (Wildman–Crippen MR) is 60.9 cm³/mol. The van der Waals surface area contributed by atoms with E-state index in [1.54, 1.807) is 0 Å². The Morgan fingerprint density at radius 3 is 2.15 bits per heavy atom. The highest BCUT2D eigenvalue weighted by Crippen LogP contribution is 2.14. The SMILES string of the molecule is C=C(C)CCC(C)C(C)NC(C)C. The van der Waals surface area contributed by atoms with Crippen molar-refractivity contribution in [1.82, 2.24) is 5.32 Å². The summed E-state index contributed by atoms with van der Waals surface area (Å²) in [5.74, 6) is 0.735. The molecule has 0 amide bonds. The summed E-state index contributed by atoms with van der Waals surface area (Å²) in [6.45, 7) is 15.0. The molecule has 0 radical (unpaired) electrons. The maximum Gasteiger partial charge on any atom is 0.00668 e. The Morgan fingerprint density at radius 1 is 1.23 bits per heavy atom. The second kappa shape index (κ2) is 6.20. The first-order valence-corrected chi connectivity index (χ1v) is 5.34. The van der Waals surface area contributed by atoms with E-state index in [1.807, 2.05) is 0 Å². The third-order valence-corrected chi connectivity index (χ3v) is 2.48. The smallest absolute Gasteiger partial charge is 0.00668 e. The Labute approximate surface area is 83.6 Å². The van der Waals surface area contributed by atoms with E-state index < -0.39 is 0 Å². The van der Waals surface area contributed by atoms with Gasteiger partial charge in [-0.2, -0.15) is 0 Å². The lowest BCUT2D eigenvalue weighted by Crippen LogP contribution is -2.37. The van der Waals surface area contributed by atoms with Crippen molar-refractivity contribution >= 4 is 0 Å². The molecule has 0 aliphatic rings. The Balaban J connectivity index is 3.68. The molecule has 0 saturated heterocycles. The van der Waals surface area contributed by atoms with Gasteiger partial charge in [-0.3, -0.25) is 0 Å². The summed E-state index contributed by atoms with van der Waals surface area (Å²) in [6.07, 6.45) is 2.40. The molecule has 0 aromatic carbocycles. The first-order chi connectivity index (χ1) is 5.93. The highest BCUT2D eigenvalue weighted by atomic mass is 14.9. The van der Waals surface area contributed by atoms with E-state index in [-0.39, 0.29) is 0 Å². The maximum absolute atomic E-state index is 3.93. The van der Waals surface area contributed by atoms with Crippen LogP contribution in [0.3, 0.4) is 0 Å². The van der Waals surface area contributed by atoms with Gasteiger partial charge in [-0.1, -0.05) is 26.3 Å². The number of hydrogen-bond acceptors (Lipinski definition) is 1. The Morgan fingerprint density at radius 2 is 1.77 bits per heavy atom. The normalized spacial score (nSPS) is 15.8. The number of allylic oxidation sites excluding steroid dienone is 1. The van der Waals surface area contributed by atoms with Crippen molar-refractivity contribution in [2.75, 3.05) is 0 Å². The van der Waals surface area contributed by atoms with Crippen molar-refractivity contribution in [1.29, 1.82) is 0 Å². The summed E-state index contributed by atoms with van der Waals surface area (Å²) in [7, 11) is 0. The zero-order chi connectivity index (χ0) is 10.4. The van der Waals surface area contributed by atoms with E-state index in [1.165, 1.54) is 12.0 Å². The minimum atomic E-state index is 0.585. The first kappa shape index (κ1) is 12.7. The van der Waals surface area contributed by atoms with Crippen molar-refractivity contribution < 1.29 is 0 Å².